The molecule has 5 rings (SSSR count). The second-order valence-electron chi connectivity index (χ2n) is 11.0. The van der Waals surface area contributed by atoms with Crippen molar-refractivity contribution < 1.29 is 28.1 Å². The number of carbonyl (C=O) groups excluding carboxylic acids is 1. The van der Waals surface area contributed by atoms with Crippen LogP contribution in [0.1, 0.15) is 53.0 Å². The fraction of sp³-hybridized carbons (Fsp3) is 0.353. The van der Waals surface area contributed by atoms with E-state index in [1.165, 1.54) is 38.3 Å². The summed E-state index contributed by atoms with van der Waals surface area (Å²) < 4.78 is 39.1. The molecule has 3 aromatic heterocycles. The van der Waals surface area contributed by atoms with Crippen LogP contribution in [0.25, 0.3) is 17.1 Å². The van der Waals surface area contributed by atoms with E-state index in [0.717, 1.165) is 24.6 Å². The predicted molar refractivity (Wildman–Crippen MR) is 170 cm³/mol. The van der Waals surface area contributed by atoms with Gasteiger partial charge < -0.3 is 28.8 Å². The Morgan fingerprint density at radius 1 is 1.07 bits per heavy atom. The highest BCUT2D eigenvalue weighted by molar-refractivity contribution is 6.05. The number of nitrogens with one attached hydrogen (secondary N) is 1. The standard InChI is InChI=1S/C34H37FN4O6/c1-20-24(12-10-22-8-6-7-9-22)32(40)30(21(2)39(20)3)33(41)37-23-11-13-27(25(35)18-23)45-28-14-15-36-26-19-29(44-17-16-42-4)34(43-5)38-31(26)28/h10-15,18-19,22H,6-9,16-17H2,1-5H3,(H,37,41)/b12-10+. The highest BCUT2D eigenvalue weighted by Crippen LogP contribution is 2.35. The molecule has 1 aliphatic carbocycles. The van der Waals surface area contributed by atoms with Gasteiger partial charge in [0.25, 0.3) is 11.8 Å². The van der Waals surface area contributed by atoms with E-state index >= 15 is 4.39 Å². The minimum atomic E-state index is -0.724. The number of halogens is 1. The van der Waals surface area contributed by atoms with Crippen LogP contribution in [0.5, 0.6) is 23.1 Å². The van der Waals surface area contributed by atoms with Crippen LogP contribution >= 0.6 is 0 Å². The molecule has 236 valence electrons. The highest BCUT2D eigenvalue weighted by Gasteiger charge is 2.22. The van der Waals surface area contributed by atoms with Gasteiger partial charge in [0.2, 0.25) is 5.43 Å². The molecule has 0 spiro atoms. The number of hydrogen-bond donors (Lipinski definition) is 1. The summed E-state index contributed by atoms with van der Waals surface area (Å²) in [5.74, 6) is -0.150. The number of benzene rings is 1. The molecule has 11 heteroatoms. The lowest BCUT2D eigenvalue weighted by Crippen LogP contribution is -2.28. The Bertz CT molecular complexity index is 1810. The lowest BCUT2D eigenvalue weighted by atomic mass is 10.0. The molecule has 10 nitrogen and oxygen atoms in total. The molecule has 1 saturated carbocycles. The number of nitrogens with zero attached hydrogens (tertiary/aromatic N) is 3. The van der Waals surface area contributed by atoms with Gasteiger partial charge in [-0.25, -0.2) is 9.37 Å². The molecule has 0 aliphatic heterocycles. The molecule has 1 fully saturated rings. The van der Waals surface area contributed by atoms with Crippen LogP contribution in [0.3, 0.4) is 0 Å². The Morgan fingerprint density at radius 3 is 2.56 bits per heavy atom. The Kier molecular flexibility index (Phi) is 9.77. The normalized spacial score (nSPS) is 13.5. The van der Waals surface area contributed by atoms with Gasteiger partial charge in [0.1, 0.15) is 17.7 Å². The molecule has 1 aliphatic rings. The summed E-state index contributed by atoms with van der Waals surface area (Å²) >= 11 is 0. The molecule has 3 heterocycles. The molecule has 1 N–H and O–H groups in total. The molecule has 1 amide bonds. The number of methoxy groups -OCH3 is 2. The van der Waals surface area contributed by atoms with Gasteiger partial charge in [-0.2, -0.15) is 0 Å². The fourth-order valence-electron chi connectivity index (χ4n) is 5.46. The third-order valence-corrected chi connectivity index (χ3v) is 8.15. The van der Waals surface area contributed by atoms with Crippen LogP contribution in [0.15, 0.2) is 47.4 Å². The van der Waals surface area contributed by atoms with Crippen molar-refractivity contribution in [3.8, 4) is 23.1 Å². The third-order valence-electron chi connectivity index (χ3n) is 8.15. The van der Waals surface area contributed by atoms with Crippen molar-refractivity contribution in [2.45, 2.75) is 39.5 Å². The van der Waals surface area contributed by atoms with E-state index in [1.807, 2.05) is 24.6 Å². The Labute approximate surface area is 260 Å². The first kappa shape index (κ1) is 31.6. The Hall–Kier alpha value is -4.77. The lowest BCUT2D eigenvalue weighted by molar-refractivity contribution is 0.102. The van der Waals surface area contributed by atoms with Gasteiger partial charge in [0, 0.05) is 61.2 Å². The van der Waals surface area contributed by atoms with Crippen LogP contribution in [0, 0.1) is 25.6 Å². The van der Waals surface area contributed by atoms with Crippen molar-refractivity contribution in [1.82, 2.24) is 14.5 Å². The van der Waals surface area contributed by atoms with Gasteiger partial charge in [0.15, 0.2) is 23.1 Å². The van der Waals surface area contributed by atoms with E-state index < -0.39 is 11.7 Å². The number of allylic oxidation sites excluding steroid dienone is 1. The van der Waals surface area contributed by atoms with Gasteiger partial charge >= 0.3 is 0 Å². The molecule has 4 aromatic rings. The minimum absolute atomic E-state index is 0.0174. The first-order valence-corrected chi connectivity index (χ1v) is 14.8. The molecule has 0 saturated heterocycles. The summed E-state index contributed by atoms with van der Waals surface area (Å²) in [4.78, 5) is 35.7. The van der Waals surface area contributed by atoms with E-state index in [9.17, 15) is 9.59 Å². The van der Waals surface area contributed by atoms with E-state index in [-0.39, 0.29) is 34.1 Å². The second kappa shape index (κ2) is 13.9. The molecule has 45 heavy (non-hydrogen) atoms. The Balaban J connectivity index is 1.37. The first-order chi connectivity index (χ1) is 21.7. The number of aromatic nitrogens is 3. The third kappa shape index (κ3) is 6.83. The van der Waals surface area contributed by atoms with Crippen molar-refractivity contribution in [1.29, 1.82) is 0 Å². The van der Waals surface area contributed by atoms with E-state index in [2.05, 4.69) is 21.4 Å². The Morgan fingerprint density at radius 2 is 1.84 bits per heavy atom. The maximum atomic E-state index is 15.3. The number of carbonyl (C=O) groups is 1. The zero-order valence-electron chi connectivity index (χ0n) is 26.1. The molecule has 0 bridgehead atoms. The predicted octanol–water partition coefficient (Wildman–Crippen LogP) is 6.37. The van der Waals surface area contributed by atoms with Crippen LogP contribution in [-0.4, -0.2) is 47.9 Å². The number of rotatable bonds is 11. The first-order valence-electron chi connectivity index (χ1n) is 14.8. The number of ether oxygens (including phenoxy) is 4. The highest BCUT2D eigenvalue weighted by atomic mass is 19.1. The summed E-state index contributed by atoms with van der Waals surface area (Å²) in [6, 6.07) is 7.26. The summed E-state index contributed by atoms with van der Waals surface area (Å²) in [7, 11) is 4.85. The number of anilines is 1. The summed E-state index contributed by atoms with van der Waals surface area (Å²) in [5, 5.41) is 2.68. The monoisotopic (exact) mass is 616 g/mol. The van der Waals surface area contributed by atoms with Crippen molar-refractivity contribution in [3.05, 3.63) is 81.2 Å². The number of amides is 1. The van der Waals surface area contributed by atoms with Crippen LogP contribution < -0.4 is 25.0 Å². The lowest BCUT2D eigenvalue weighted by Gasteiger charge is -2.17. The second-order valence-corrected chi connectivity index (χ2v) is 11.0. The zero-order valence-corrected chi connectivity index (χ0v) is 26.1. The SMILES string of the molecule is COCCOc1cc2nccc(Oc3ccc(NC(=O)c4c(C)n(C)c(C)c(/C=C/C5CCCC5)c4=O)cc3F)c2nc1OC. The molecule has 1 aromatic carbocycles. The van der Waals surface area contributed by atoms with Crippen LogP contribution in [0.2, 0.25) is 0 Å². The molecule has 0 radical (unpaired) electrons. The quantitative estimate of drug-likeness (QED) is 0.194. The van der Waals surface area contributed by atoms with Gasteiger partial charge in [-0.3, -0.25) is 14.6 Å². The van der Waals surface area contributed by atoms with Crippen molar-refractivity contribution in [2.75, 3.05) is 32.8 Å². The average Bonchev–Trinajstić information content (AvgIpc) is 3.55. The fourth-order valence-corrected chi connectivity index (χ4v) is 5.46. The van der Waals surface area contributed by atoms with Crippen molar-refractivity contribution in [3.63, 3.8) is 0 Å². The van der Waals surface area contributed by atoms with Gasteiger partial charge in [-0.05, 0) is 44.7 Å². The van der Waals surface area contributed by atoms with E-state index in [1.54, 1.807) is 26.2 Å². The molecule has 0 atom stereocenters. The van der Waals surface area contributed by atoms with Crippen molar-refractivity contribution in [2.24, 2.45) is 13.0 Å². The van der Waals surface area contributed by atoms with E-state index in [0.29, 0.717) is 47.2 Å². The number of pyridine rings is 3. The maximum absolute atomic E-state index is 15.3. The zero-order chi connectivity index (χ0) is 32.1. The van der Waals surface area contributed by atoms with Gasteiger partial charge in [-0.1, -0.05) is 25.0 Å². The minimum Gasteiger partial charge on any atom is -0.485 e. The smallest absolute Gasteiger partial charge is 0.261 e. The van der Waals surface area contributed by atoms with Crippen molar-refractivity contribution >= 4 is 28.7 Å². The molecular formula is C34H37FN4O6. The number of fused-ring (bicyclic) bond motifs is 1. The topological polar surface area (TPSA) is 114 Å². The molecular weight excluding hydrogens is 579 g/mol. The van der Waals surface area contributed by atoms with Gasteiger partial charge in [0.05, 0.1) is 19.2 Å². The summed E-state index contributed by atoms with van der Waals surface area (Å²) in [6.07, 6.45) is 10.0. The van der Waals surface area contributed by atoms with Crippen LogP contribution in [-0.2, 0) is 11.8 Å². The summed E-state index contributed by atoms with van der Waals surface area (Å²) in [5.41, 5.74) is 2.42. The largest absolute Gasteiger partial charge is 0.485 e. The van der Waals surface area contributed by atoms with E-state index in [4.69, 9.17) is 18.9 Å². The summed E-state index contributed by atoms with van der Waals surface area (Å²) in [6.45, 7) is 4.27. The average molecular weight is 617 g/mol. The number of hydrogen-bond acceptors (Lipinski definition) is 8. The van der Waals surface area contributed by atoms with Crippen LogP contribution in [0.4, 0.5) is 10.1 Å². The maximum Gasteiger partial charge on any atom is 0.261 e. The van der Waals surface area contributed by atoms with Gasteiger partial charge in [-0.15, -0.1) is 0 Å². The molecule has 0 unspecified atom stereocenters.